The first-order valence-electron chi connectivity index (χ1n) is 13.2. The van der Waals surface area contributed by atoms with Gasteiger partial charge in [0.05, 0.1) is 16.8 Å². The molecule has 0 spiro atoms. The number of aliphatic hydroxyl groups is 1. The Labute approximate surface area is 257 Å². The molecule has 0 saturated carbocycles. The van der Waals surface area contributed by atoms with Crippen molar-refractivity contribution >= 4 is 27.6 Å². The zero-order valence-electron chi connectivity index (χ0n) is 22.7. The van der Waals surface area contributed by atoms with Crippen LogP contribution in [0, 0.1) is 17.7 Å². The number of allylic oxidation sites excluding steroid dienone is 2. The molecule has 2 aromatic heterocycles. The minimum Gasteiger partial charge on any atom is -0.512 e. The first-order valence-corrected chi connectivity index (χ1v) is 13.2. The predicted octanol–water partition coefficient (Wildman–Crippen LogP) is 8.57. The van der Waals surface area contributed by atoms with Gasteiger partial charge in [-0.1, -0.05) is 72.3 Å². The van der Waals surface area contributed by atoms with E-state index in [0.29, 0.717) is 18.5 Å². The Kier molecular flexibility index (Phi) is 10.2. The van der Waals surface area contributed by atoms with Crippen molar-refractivity contribution < 1.29 is 39.7 Å². The number of fused-ring (bicyclic) bond motifs is 3. The molecule has 7 heteroatoms. The van der Waals surface area contributed by atoms with Crippen LogP contribution in [0.5, 0.6) is 0 Å². The van der Waals surface area contributed by atoms with Crippen molar-refractivity contribution in [1.82, 2.24) is 9.55 Å². The Morgan fingerprint density at radius 3 is 2.10 bits per heavy atom. The van der Waals surface area contributed by atoms with E-state index in [-0.39, 0.29) is 38.2 Å². The molecular weight excluding hydrogens is 713 g/mol. The van der Waals surface area contributed by atoms with E-state index in [2.05, 4.69) is 88.4 Å². The molecule has 0 saturated heterocycles. The van der Waals surface area contributed by atoms with Crippen LogP contribution < -0.4 is 0 Å². The number of benzene rings is 4. The number of halogens is 2. The molecule has 4 aromatic carbocycles. The summed E-state index contributed by atoms with van der Waals surface area (Å²) in [6.07, 6.45) is 3.89. The van der Waals surface area contributed by atoms with Crippen molar-refractivity contribution in [1.29, 1.82) is 0 Å². The SMILES string of the molecule is C/C(O)=C/C(=O)CCc1ccc(-n2c3ccccc3c3ccccc32)cc1.Fc1c[c-]c(-c2ccccn2)c(F)c1.[Pt]. The molecule has 42 heavy (non-hydrogen) atoms. The van der Waals surface area contributed by atoms with E-state index >= 15 is 0 Å². The molecule has 4 nitrogen and oxygen atoms in total. The molecule has 1 N–H and O–H groups in total. The predicted molar refractivity (Wildman–Crippen MR) is 159 cm³/mol. The van der Waals surface area contributed by atoms with Crippen molar-refractivity contribution in [2.45, 2.75) is 19.8 Å². The summed E-state index contributed by atoms with van der Waals surface area (Å²) in [5.74, 6) is -1.28. The van der Waals surface area contributed by atoms with Gasteiger partial charge in [-0.3, -0.25) is 13.6 Å². The molecule has 2 heterocycles. The van der Waals surface area contributed by atoms with E-state index in [0.717, 1.165) is 23.4 Å². The number of aliphatic hydroxyl groups excluding tert-OH is 1. The summed E-state index contributed by atoms with van der Waals surface area (Å²) in [6, 6.07) is 34.7. The van der Waals surface area contributed by atoms with Gasteiger partial charge in [-0.15, -0.1) is 12.1 Å². The fourth-order valence-corrected chi connectivity index (χ4v) is 4.74. The molecule has 0 fully saturated rings. The first-order chi connectivity index (χ1) is 19.9. The van der Waals surface area contributed by atoms with E-state index in [1.54, 1.807) is 24.4 Å². The van der Waals surface area contributed by atoms with Crippen molar-refractivity contribution in [3.05, 3.63) is 144 Å². The summed E-state index contributed by atoms with van der Waals surface area (Å²) in [5, 5.41) is 11.7. The molecular formula is C35H27F2N2O2Pt-. The zero-order chi connectivity index (χ0) is 28.8. The van der Waals surface area contributed by atoms with Crippen molar-refractivity contribution in [3.8, 4) is 16.9 Å². The van der Waals surface area contributed by atoms with Crippen LogP contribution in [0.4, 0.5) is 8.78 Å². The van der Waals surface area contributed by atoms with Gasteiger partial charge in [0, 0.05) is 67.9 Å². The molecule has 6 rings (SSSR count). The Morgan fingerprint density at radius 2 is 1.52 bits per heavy atom. The Morgan fingerprint density at radius 1 is 0.905 bits per heavy atom. The summed E-state index contributed by atoms with van der Waals surface area (Å²) in [6.45, 7) is 1.51. The maximum Gasteiger partial charge on any atom is 0.159 e. The number of nitrogens with zero attached hydrogens (tertiary/aromatic N) is 2. The average molecular weight is 741 g/mol. The summed E-state index contributed by atoms with van der Waals surface area (Å²) in [5.41, 5.74) is 5.22. The van der Waals surface area contributed by atoms with Gasteiger partial charge >= 0.3 is 0 Å². The van der Waals surface area contributed by atoms with E-state index < -0.39 is 11.6 Å². The summed E-state index contributed by atoms with van der Waals surface area (Å²) < 4.78 is 28.1. The molecule has 0 unspecified atom stereocenters. The Balaban J connectivity index is 0.000000228. The molecule has 0 aliphatic carbocycles. The van der Waals surface area contributed by atoms with Crippen LogP contribution in [0.25, 0.3) is 38.8 Å². The molecule has 0 radical (unpaired) electrons. The van der Waals surface area contributed by atoms with Crippen LogP contribution >= 0.6 is 0 Å². The number of ketones is 1. The van der Waals surface area contributed by atoms with Crippen molar-refractivity contribution in [3.63, 3.8) is 0 Å². The number of aromatic nitrogens is 2. The second-order valence-corrected chi connectivity index (χ2v) is 9.54. The summed E-state index contributed by atoms with van der Waals surface area (Å²) in [7, 11) is 0. The van der Waals surface area contributed by atoms with Crippen LogP contribution in [0.15, 0.2) is 121 Å². The number of hydrogen-bond acceptors (Lipinski definition) is 3. The minimum absolute atomic E-state index is 0. The van der Waals surface area contributed by atoms with Gasteiger partial charge in [0.25, 0.3) is 0 Å². The van der Waals surface area contributed by atoms with Crippen LogP contribution in [0.3, 0.4) is 0 Å². The molecule has 0 amide bonds. The number of aryl methyl sites for hydroxylation is 1. The number of pyridine rings is 1. The third-order valence-corrected chi connectivity index (χ3v) is 6.58. The van der Waals surface area contributed by atoms with Gasteiger partial charge in [-0.05, 0) is 54.9 Å². The number of para-hydroxylation sites is 2. The molecule has 0 aliphatic rings. The largest absolute Gasteiger partial charge is 0.512 e. The average Bonchev–Trinajstić information content (AvgIpc) is 3.31. The molecule has 0 aliphatic heterocycles. The monoisotopic (exact) mass is 740 g/mol. The fourth-order valence-electron chi connectivity index (χ4n) is 4.74. The Hall–Kier alpha value is -4.41. The standard InChI is InChI=1S/C24H21NO2.C11H6F2N.Pt/c1-17(26)16-20(27)15-12-18-10-13-19(14-11-18)25-23-8-4-2-6-21(23)22-7-3-5-9-24(22)25;12-8-4-5-9(10(13)7-8)11-3-1-2-6-14-11;/h2-11,13-14,16,26H,12,15H2,1H3;1-4,6-7H;/q;-1;/b17-16-;;. The zero-order valence-corrected chi connectivity index (χ0v) is 25.0. The van der Waals surface area contributed by atoms with Crippen LogP contribution in [-0.2, 0) is 32.3 Å². The summed E-state index contributed by atoms with van der Waals surface area (Å²) in [4.78, 5) is 15.7. The third kappa shape index (κ3) is 7.07. The fraction of sp³-hybridized carbons (Fsp3) is 0.0857. The molecule has 0 bridgehead atoms. The second kappa shape index (κ2) is 14.0. The smallest absolute Gasteiger partial charge is 0.159 e. The van der Waals surface area contributed by atoms with Gasteiger partial charge < -0.3 is 14.7 Å². The first kappa shape index (κ1) is 30.5. The number of hydrogen-bond donors (Lipinski definition) is 1. The van der Waals surface area contributed by atoms with Gasteiger partial charge in [-0.2, -0.15) is 0 Å². The van der Waals surface area contributed by atoms with Crippen molar-refractivity contribution in [2.75, 3.05) is 0 Å². The number of rotatable bonds is 6. The minimum atomic E-state index is -0.649. The van der Waals surface area contributed by atoms with Crippen LogP contribution in [0.1, 0.15) is 18.9 Å². The molecule has 6 aromatic rings. The van der Waals surface area contributed by atoms with E-state index in [1.165, 1.54) is 34.8 Å². The summed E-state index contributed by atoms with van der Waals surface area (Å²) >= 11 is 0. The maximum atomic E-state index is 13.2. The van der Waals surface area contributed by atoms with E-state index in [4.69, 9.17) is 0 Å². The van der Waals surface area contributed by atoms with Crippen LogP contribution in [-0.4, -0.2) is 20.4 Å². The third-order valence-electron chi connectivity index (χ3n) is 6.58. The van der Waals surface area contributed by atoms with Gasteiger partial charge in [-0.25, -0.2) is 0 Å². The quantitative estimate of drug-likeness (QED) is 0.106. The van der Waals surface area contributed by atoms with Gasteiger partial charge in [0.15, 0.2) is 5.78 Å². The van der Waals surface area contributed by atoms with E-state index in [9.17, 15) is 18.7 Å². The Bertz CT molecular complexity index is 1790. The van der Waals surface area contributed by atoms with Crippen LogP contribution in [0.2, 0.25) is 0 Å². The molecule has 0 atom stereocenters. The number of carbonyl (C=O) groups is 1. The molecule has 214 valence electrons. The maximum absolute atomic E-state index is 13.2. The number of carbonyl (C=O) groups excluding carboxylic acids is 1. The van der Waals surface area contributed by atoms with Gasteiger partial charge in [0.2, 0.25) is 0 Å². The topological polar surface area (TPSA) is 55.1 Å². The normalized spacial score (nSPS) is 11.1. The van der Waals surface area contributed by atoms with Crippen molar-refractivity contribution in [2.24, 2.45) is 0 Å². The van der Waals surface area contributed by atoms with E-state index in [1.807, 2.05) is 0 Å². The van der Waals surface area contributed by atoms with Gasteiger partial charge in [0.1, 0.15) is 0 Å². The second-order valence-electron chi connectivity index (χ2n) is 9.54.